The third-order valence-electron chi connectivity index (χ3n) is 5.14. The van der Waals surface area contributed by atoms with E-state index in [1.807, 2.05) is 12.1 Å². The molecule has 7 heteroatoms. The van der Waals surface area contributed by atoms with E-state index in [4.69, 9.17) is 4.42 Å². The van der Waals surface area contributed by atoms with Crippen LogP contribution in [-0.4, -0.2) is 77.5 Å². The van der Waals surface area contributed by atoms with Crippen molar-refractivity contribution < 1.29 is 19.1 Å². The van der Waals surface area contributed by atoms with Gasteiger partial charge in [-0.15, -0.1) is 0 Å². The molecule has 2 aliphatic heterocycles. The highest BCUT2D eigenvalue weighted by atomic mass is 16.4. The summed E-state index contributed by atoms with van der Waals surface area (Å²) in [6, 6.07) is 3.26. The number of furan rings is 1. The fourth-order valence-corrected chi connectivity index (χ4v) is 3.56. The second-order valence-electron chi connectivity index (χ2n) is 6.75. The van der Waals surface area contributed by atoms with Crippen LogP contribution in [0.25, 0.3) is 0 Å². The van der Waals surface area contributed by atoms with Crippen LogP contribution in [0.4, 0.5) is 0 Å². The van der Waals surface area contributed by atoms with Crippen LogP contribution in [0.1, 0.15) is 18.6 Å². The van der Waals surface area contributed by atoms with Crippen molar-refractivity contribution in [2.24, 2.45) is 5.92 Å². The van der Waals surface area contributed by atoms with Crippen LogP contribution in [0.5, 0.6) is 0 Å². The number of piperazine rings is 1. The van der Waals surface area contributed by atoms with Crippen LogP contribution in [0, 0.1) is 5.92 Å². The molecule has 1 atom stereocenters. The van der Waals surface area contributed by atoms with Gasteiger partial charge in [0, 0.05) is 25.6 Å². The Morgan fingerprint density at radius 1 is 1.25 bits per heavy atom. The average molecular weight is 335 g/mol. The molecule has 2 saturated heterocycles. The molecule has 0 bridgehead atoms. The highest BCUT2D eigenvalue weighted by molar-refractivity contribution is 5.81. The largest absolute Gasteiger partial charge is 0.480 e. The molecule has 1 amide bonds. The van der Waals surface area contributed by atoms with Gasteiger partial charge in [0.2, 0.25) is 5.91 Å². The maximum Gasteiger partial charge on any atom is 0.322 e. The van der Waals surface area contributed by atoms with E-state index in [0.29, 0.717) is 13.1 Å². The van der Waals surface area contributed by atoms with Gasteiger partial charge in [0.15, 0.2) is 0 Å². The minimum Gasteiger partial charge on any atom is -0.480 e. The van der Waals surface area contributed by atoms with Crippen LogP contribution in [-0.2, 0) is 16.1 Å². The van der Waals surface area contributed by atoms with E-state index in [9.17, 15) is 14.7 Å². The average Bonchev–Trinajstić information content (AvgIpc) is 3.08. The Balaban J connectivity index is 1.50. The van der Waals surface area contributed by atoms with Gasteiger partial charge >= 0.3 is 5.97 Å². The number of hydrogen-bond donors (Lipinski definition) is 1. The molecule has 0 saturated carbocycles. The second-order valence-corrected chi connectivity index (χ2v) is 6.75. The zero-order chi connectivity index (χ0) is 17.1. The Morgan fingerprint density at radius 2 is 2.00 bits per heavy atom. The van der Waals surface area contributed by atoms with Gasteiger partial charge in [0.25, 0.3) is 0 Å². The Hall–Kier alpha value is -1.86. The molecular formula is C17H25N3O4. The number of nitrogens with zero attached hydrogens (tertiary/aromatic N) is 3. The number of hydrogen-bond acceptors (Lipinski definition) is 5. The number of likely N-dealkylation sites (tertiary alicyclic amines) is 1. The molecule has 0 aliphatic carbocycles. The van der Waals surface area contributed by atoms with Crippen LogP contribution >= 0.6 is 0 Å². The monoisotopic (exact) mass is 335 g/mol. The number of rotatable bonds is 4. The predicted octanol–water partition coefficient (Wildman–Crippen LogP) is 0.719. The van der Waals surface area contributed by atoms with Gasteiger partial charge in [-0.3, -0.25) is 19.4 Å². The molecule has 3 rings (SSSR count). The van der Waals surface area contributed by atoms with E-state index in [1.165, 1.54) is 0 Å². The fraction of sp³-hybridized carbons (Fsp3) is 0.647. The van der Waals surface area contributed by atoms with E-state index < -0.39 is 12.0 Å². The molecule has 132 valence electrons. The molecule has 1 N–H and O–H groups in total. The van der Waals surface area contributed by atoms with Gasteiger partial charge < -0.3 is 14.4 Å². The minimum absolute atomic E-state index is 0.00991. The zero-order valence-corrected chi connectivity index (χ0v) is 14.1. The smallest absolute Gasteiger partial charge is 0.322 e. The molecule has 3 heterocycles. The molecule has 0 radical (unpaired) electrons. The first-order valence-corrected chi connectivity index (χ1v) is 8.51. The first-order valence-electron chi connectivity index (χ1n) is 8.51. The van der Waals surface area contributed by atoms with Crippen molar-refractivity contribution in [1.29, 1.82) is 0 Å². The van der Waals surface area contributed by atoms with Gasteiger partial charge in [-0.05, 0) is 45.1 Å². The number of piperidine rings is 1. The van der Waals surface area contributed by atoms with Crippen molar-refractivity contribution in [3.8, 4) is 0 Å². The molecule has 0 unspecified atom stereocenters. The summed E-state index contributed by atoms with van der Waals surface area (Å²) in [6.07, 6.45) is 3.32. The van der Waals surface area contributed by atoms with E-state index in [0.717, 1.165) is 38.2 Å². The summed E-state index contributed by atoms with van der Waals surface area (Å²) in [5, 5.41) is 9.28. The lowest BCUT2D eigenvalue weighted by atomic mass is 9.94. The predicted molar refractivity (Wildman–Crippen MR) is 87.3 cm³/mol. The number of carbonyl (C=O) groups is 2. The number of carbonyl (C=O) groups excluding carboxylic acids is 1. The topological polar surface area (TPSA) is 77.2 Å². The first kappa shape index (κ1) is 17.0. The summed E-state index contributed by atoms with van der Waals surface area (Å²) >= 11 is 0. The SMILES string of the molecule is CN1CCN(C(=O)C2CCN(Cc3ccco3)CC2)C[C@@H]1C(=O)O. The van der Waals surface area contributed by atoms with Crippen molar-refractivity contribution in [3.05, 3.63) is 24.2 Å². The third-order valence-corrected chi connectivity index (χ3v) is 5.14. The van der Waals surface area contributed by atoms with Gasteiger partial charge in [-0.25, -0.2) is 0 Å². The maximum atomic E-state index is 12.7. The molecule has 24 heavy (non-hydrogen) atoms. The number of carboxylic acids is 1. The fourth-order valence-electron chi connectivity index (χ4n) is 3.56. The summed E-state index contributed by atoms with van der Waals surface area (Å²) in [4.78, 5) is 29.9. The summed E-state index contributed by atoms with van der Waals surface area (Å²) in [5.41, 5.74) is 0. The Morgan fingerprint density at radius 3 is 2.62 bits per heavy atom. The number of amides is 1. The van der Waals surface area contributed by atoms with Crippen molar-refractivity contribution in [2.45, 2.75) is 25.4 Å². The van der Waals surface area contributed by atoms with Crippen molar-refractivity contribution in [1.82, 2.24) is 14.7 Å². The van der Waals surface area contributed by atoms with E-state index in [2.05, 4.69) is 4.90 Å². The van der Waals surface area contributed by atoms with E-state index in [1.54, 1.807) is 23.1 Å². The summed E-state index contributed by atoms with van der Waals surface area (Å²) in [5.74, 6) is 0.217. The minimum atomic E-state index is -0.858. The van der Waals surface area contributed by atoms with Gasteiger partial charge in [0.05, 0.1) is 12.8 Å². The van der Waals surface area contributed by atoms with Crippen molar-refractivity contribution >= 4 is 11.9 Å². The number of aliphatic carboxylic acids is 1. The van der Waals surface area contributed by atoms with Crippen molar-refractivity contribution in [3.63, 3.8) is 0 Å². The van der Waals surface area contributed by atoms with Crippen LogP contribution < -0.4 is 0 Å². The molecule has 2 fully saturated rings. The normalized spacial score (nSPS) is 24.2. The third kappa shape index (κ3) is 3.79. The quantitative estimate of drug-likeness (QED) is 0.874. The zero-order valence-electron chi connectivity index (χ0n) is 14.1. The van der Waals surface area contributed by atoms with E-state index in [-0.39, 0.29) is 18.4 Å². The summed E-state index contributed by atoms with van der Waals surface area (Å²) in [7, 11) is 1.80. The molecular weight excluding hydrogens is 310 g/mol. The summed E-state index contributed by atoms with van der Waals surface area (Å²) in [6.45, 7) is 4.03. The molecule has 2 aliphatic rings. The van der Waals surface area contributed by atoms with Crippen LogP contribution in [0.3, 0.4) is 0 Å². The Kier molecular flexibility index (Phi) is 5.20. The van der Waals surface area contributed by atoms with Crippen LogP contribution in [0.15, 0.2) is 22.8 Å². The van der Waals surface area contributed by atoms with Crippen molar-refractivity contribution in [2.75, 3.05) is 39.8 Å². The van der Waals surface area contributed by atoms with Gasteiger partial charge in [-0.1, -0.05) is 0 Å². The Bertz CT molecular complexity index is 566. The molecule has 0 spiro atoms. The molecule has 1 aromatic heterocycles. The maximum absolute atomic E-state index is 12.7. The number of carboxylic acid groups (broad SMARTS) is 1. The molecule has 7 nitrogen and oxygen atoms in total. The van der Waals surface area contributed by atoms with Gasteiger partial charge in [0.1, 0.15) is 11.8 Å². The Labute approximate surface area is 141 Å². The van der Waals surface area contributed by atoms with Gasteiger partial charge in [-0.2, -0.15) is 0 Å². The van der Waals surface area contributed by atoms with Crippen LogP contribution in [0.2, 0.25) is 0 Å². The van der Waals surface area contributed by atoms with E-state index >= 15 is 0 Å². The second kappa shape index (κ2) is 7.36. The number of likely N-dealkylation sites (N-methyl/N-ethyl adjacent to an activating group) is 1. The molecule has 0 aromatic carbocycles. The summed E-state index contributed by atoms with van der Waals surface area (Å²) < 4.78 is 5.37. The molecule has 1 aromatic rings. The lowest BCUT2D eigenvalue weighted by Gasteiger charge is -2.40. The highest BCUT2D eigenvalue weighted by Gasteiger charge is 2.35. The highest BCUT2D eigenvalue weighted by Crippen LogP contribution is 2.22. The lowest BCUT2D eigenvalue weighted by Crippen LogP contribution is -2.57. The first-order chi connectivity index (χ1) is 11.5. The lowest BCUT2D eigenvalue weighted by molar-refractivity contribution is -0.149. The standard InChI is InChI=1S/C17H25N3O4/c1-18-8-9-20(12-15(18)17(22)23)16(21)13-4-6-19(7-5-13)11-14-3-2-10-24-14/h2-3,10,13,15H,4-9,11-12H2,1H3,(H,22,23)/t15-/m1/s1.